The maximum atomic E-state index is 5.34. The zero-order valence-corrected chi connectivity index (χ0v) is 10.3. The molecule has 0 aliphatic carbocycles. The van der Waals surface area contributed by atoms with Gasteiger partial charge in [-0.05, 0) is 13.8 Å². The second-order valence-corrected chi connectivity index (χ2v) is 3.75. The lowest BCUT2D eigenvalue weighted by molar-refractivity contribution is 0.377. The van der Waals surface area contributed by atoms with Gasteiger partial charge in [-0.1, -0.05) is 5.16 Å². The van der Waals surface area contributed by atoms with Crippen molar-refractivity contribution in [3.8, 4) is 0 Å². The van der Waals surface area contributed by atoms with E-state index in [4.69, 9.17) is 10.4 Å². The molecule has 2 rings (SSSR count). The molecular weight excluding hydrogens is 234 g/mol. The Hall–Kier alpha value is -2.22. The van der Waals surface area contributed by atoms with Gasteiger partial charge in [-0.25, -0.2) is 15.8 Å². The van der Waals surface area contributed by atoms with E-state index >= 15 is 0 Å². The van der Waals surface area contributed by atoms with Crippen LogP contribution in [0, 0.1) is 13.8 Å². The Bertz CT molecular complexity index is 525. The highest BCUT2D eigenvalue weighted by Gasteiger charge is 2.06. The third-order valence-electron chi connectivity index (χ3n) is 2.42. The number of nitrogen functional groups attached to an aromatic ring is 1. The molecule has 8 nitrogen and oxygen atoms in total. The summed E-state index contributed by atoms with van der Waals surface area (Å²) >= 11 is 0. The van der Waals surface area contributed by atoms with Crippen molar-refractivity contribution in [2.45, 2.75) is 20.3 Å². The van der Waals surface area contributed by atoms with E-state index in [0.717, 1.165) is 11.4 Å². The Kier molecular flexibility index (Phi) is 3.68. The van der Waals surface area contributed by atoms with E-state index in [2.05, 4.69) is 30.9 Å². The Labute approximate surface area is 104 Å². The first-order chi connectivity index (χ1) is 8.70. The molecule has 0 unspecified atom stereocenters. The normalized spacial score (nSPS) is 10.4. The summed E-state index contributed by atoms with van der Waals surface area (Å²) in [7, 11) is 0. The molecule has 18 heavy (non-hydrogen) atoms. The topological polar surface area (TPSA) is 115 Å². The van der Waals surface area contributed by atoms with Gasteiger partial charge in [-0.2, -0.15) is 4.98 Å². The number of nitrogens with zero attached hydrogens (tertiary/aromatic N) is 4. The number of anilines is 2. The average Bonchev–Trinajstić information content (AvgIpc) is 2.77. The van der Waals surface area contributed by atoms with Crippen LogP contribution in [0.4, 0.5) is 11.6 Å². The molecule has 8 heteroatoms. The third kappa shape index (κ3) is 2.72. The van der Waals surface area contributed by atoms with Crippen molar-refractivity contribution in [1.29, 1.82) is 0 Å². The van der Waals surface area contributed by atoms with E-state index in [0.29, 0.717) is 30.5 Å². The molecule has 0 amide bonds. The number of aryl methyl sites for hydroxylation is 1. The SMILES string of the molecule is Cc1noc(CCNc2ncnc(NN)c2C)n1. The van der Waals surface area contributed by atoms with Crippen molar-refractivity contribution in [2.24, 2.45) is 5.84 Å². The molecule has 0 saturated carbocycles. The molecule has 0 atom stereocenters. The zero-order chi connectivity index (χ0) is 13.0. The Balaban J connectivity index is 1.94. The zero-order valence-electron chi connectivity index (χ0n) is 10.3. The van der Waals surface area contributed by atoms with Crippen LogP contribution in [0.2, 0.25) is 0 Å². The van der Waals surface area contributed by atoms with Gasteiger partial charge in [0.2, 0.25) is 5.89 Å². The van der Waals surface area contributed by atoms with Crippen LogP contribution in [0.5, 0.6) is 0 Å². The van der Waals surface area contributed by atoms with Crippen LogP contribution in [-0.4, -0.2) is 26.7 Å². The van der Waals surface area contributed by atoms with Gasteiger partial charge in [0.1, 0.15) is 18.0 Å². The Morgan fingerprint density at radius 3 is 2.72 bits per heavy atom. The van der Waals surface area contributed by atoms with Crippen LogP contribution in [0.15, 0.2) is 10.9 Å². The van der Waals surface area contributed by atoms with Gasteiger partial charge < -0.3 is 15.3 Å². The van der Waals surface area contributed by atoms with E-state index in [1.54, 1.807) is 6.92 Å². The second kappa shape index (κ2) is 5.41. The van der Waals surface area contributed by atoms with Gasteiger partial charge in [0.05, 0.1) is 0 Å². The lowest BCUT2D eigenvalue weighted by atomic mass is 10.3. The molecule has 0 aromatic carbocycles. The fourth-order valence-corrected chi connectivity index (χ4v) is 1.50. The lowest BCUT2D eigenvalue weighted by Gasteiger charge is -2.09. The van der Waals surface area contributed by atoms with Crippen LogP contribution >= 0.6 is 0 Å². The predicted octanol–water partition coefficient (Wildman–Crippen LogP) is 0.417. The lowest BCUT2D eigenvalue weighted by Crippen LogP contribution is -2.13. The molecule has 4 N–H and O–H groups in total. The quantitative estimate of drug-likeness (QED) is 0.515. The third-order valence-corrected chi connectivity index (χ3v) is 2.42. The van der Waals surface area contributed by atoms with Gasteiger partial charge in [0.15, 0.2) is 5.82 Å². The van der Waals surface area contributed by atoms with E-state index in [1.165, 1.54) is 6.33 Å². The van der Waals surface area contributed by atoms with Crippen LogP contribution in [0.3, 0.4) is 0 Å². The predicted molar refractivity (Wildman–Crippen MR) is 65.8 cm³/mol. The van der Waals surface area contributed by atoms with E-state index in [1.807, 2.05) is 6.92 Å². The Morgan fingerprint density at radius 2 is 2.06 bits per heavy atom. The van der Waals surface area contributed by atoms with Crippen LogP contribution in [0.1, 0.15) is 17.3 Å². The molecule has 96 valence electrons. The van der Waals surface area contributed by atoms with Crippen molar-refractivity contribution < 1.29 is 4.52 Å². The van der Waals surface area contributed by atoms with Gasteiger partial charge in [0.25, 0.3) is 0 Å². The summed E-state index contributed by atoms with van der Waals surface area (Å²) in [5.74, 6) is 7.91. The van der Waals surface area contributed by atoms with Gasteiger partial charge in [0, 0.05) is 18.5 Å². The molecule has 0 spiro atoms. The fraction of sp³-hybridized carbons (Fsp3) is 0.400. The highest BCUT2D eigenvalue weighted by atomic mass is 16.5. The second-order valence-electron chi connectivity index (χ2n) is 3.75. The molecule has 0 fully saturated rings. The molecule has 0 saturated heterocycles. The minimum Gasteiger partial charge on any atom is -0.369 e. The van der Waals surface area contributed by atoms with Crippen molar-refractivity contribution in [2.75, 3.05) is 17.3 Å². The first-order valence-electron chi connectivity index (χ1n) is 5.52. The maximum absolute atomic E-state index is 5.34. The summed E-state index contributed by atoms with van der Waals surface area (Å²) in [6, 6.07) is 0. The maximum Gasteiger partial charge on any atom is 0.228 e. The minimum absolute atomic E-state index is 0.598. The van der Waals surface area contributed by atoms with Gasteiger partial charge in [-0.15, -0.1) is 0 Å². The number of hydrogen-bond acceptors (Lipinski definition) is 8. The highest BCUT2D eigenvalue weighted by Crippen LogP contribution is 2.16. The largest absolute Gasteiger partial charge is 0.369 e. The first-order valence-corrected chi connectivity index (χ1v) is 5.52. The summed E-state index contributed by atoms with van der Waals surface area (Å²) in [6.45, 7) is 4.31. The first kappa shape index (κ1) is 12.2. The van der Waals surface area contributed by atoms with Crippen molar-refractivity contribution in [3.05, 3.63) is 23.6 Å². The summed E-state index contributed by atoms with van der Waals surface area (Å²) < 4.78 is 5.01. The molecule has 2 aromatic heterocycles. The summed E-state index contributed by atoms with van der Waals surface area (Å²) in [4.78, 5) is 12.3. The molecule has 2 heterocycles. The summed E-state index contributed by atoms with van der Waals surface area (Å²) in [6.07, 6.45) is 2.08. The summed E-state index contributed by atoms with van der Waals surface area (Å²) in [5.41, 5.74) is 3.38. The van der Waals surface area contributed by atoms with Crippen molar-refractivity contribution in [3.63, 3.8) is 0 Å². The molecule has 0 radical (unpaired) electrons. The van der Waals surface area contributed by atoms with E-state index < -0.39 is 0 Å². The monoisotopic (exact) mass is 249 g/mol. The average molecular weight is 249 g/mol. The van der Waals surface area contributed by atoms with Crippen LogP contribution < -0.4 is 16.6 Å². The van der Waals surface area contributed by atoms with Crippen molar-refractivity contribution >= 4 is 11.6 Å². The smallest absolute Gasteiger partial charge is 0.228 e. The summed E-state index contributed by atoms with van der Waals surface area (Å²) in [5, 5.41) is 6.89. The molecular formula is C10H15N7O. The number of nitrogens with one attached hydrogen (secondary N) is 2. The number of hydrazine groups is 1. The number of nitrogens with two attached hydrogens (primary N) is 1. The van der Waals surface area contributed by atoms with E-state index in [-0.39, 0.29) is 0 Å². The Morgan fingerprint density at radius 1 is 1.28 bits per heavy atom. The van der Waals surface area contributed by atoms with Crippen molar-refractivity contribution in [1.82, 2.24) is 20.1 Å². The highest BCUT2D eigenvalue weighted by molar-refractivity contribution is 5.55. The number of aromatic nitrogens is 4. The van der Waals surface area contributed by atoms with Gasteiger partial charge in [-0.3, -0.25) is 0 Å². The molecule has 2 aromatic rings. The molecule has 0 aliphatic rings. The minimum atomic E-state index is 0.598. The number of rotatable bonds is 5. The van der Waals surface area contributed by atoms with E-state index in [9.17, 15) is 0 Å². The van der Waals surface area contributed by atoms with Crippen LogP contribution in [0.25, 0.3) is 0 Å². The standard InChI is InChI=1S/C10H15N7O/c1-6-9(13-5-14-10(6)16-11)12-4-3-8-15-7(2)17-18-8/h5H,3-4,11H2,1-2H3,(H2,12,13,14,16). The number of hydrogen-bond donors (Lipinski definition) is 3. The van der Waals surface area contributed by atoms with Gasteiger partial charge >= 0.3 is 0 Å². The molecule has 0 bridgehead atoms. The molecule has 0 aliphatic heterocycles. The van der Waals surface area contributed by atoms with Crippen LogP contribution in [-0.2, 0) is 6.42 Å². The fourth-order valence-electron chi connectivity index (χ4n) is 1.50.